The van der Waals surface area contributed by atoms with Crippen molar-refractivity contribution >= 4 is 55.9 Å². The highest BCUT2D eigenvalue weighted by atomic mass is 35.5. The Kier molecular flexibility index (Phi) is 7.55. The van der Waals surface area contributed by atoms with Crippen LogP contribution in [-0.2, 0) is 6.54 Å². The number of fused-ring (bicyclic) bond motifs is 1. The first kappa shape index (κ1) is 26.7. The molecule has 0 saturated carbocycles. The normalized spacial score (nSPS) is 16.5. The maximum Gasteiger partial charge on any atom is 0.335 e. The van der Waals surface area contributed by atoms with Gasteiger partial charge in [0, 0.05) is 49.3 Å². The molecule has 11 heteroatoms. The Morgan fingerprint density at radius 2 is 2.00 bits per heavy atom. The zero-order valence-corrected chi connectivity index (χ0v) is 23.8. The van der Waals surface area contributed by atoms with Gasteiger partial charge in [-0.3, -0.25) is 4.90 Å². The van der Waals surface area contributed by atoms with Gasteiger partial charge in [0.1, 0.15) is 22.7 Å². The van der Waals surface area contributed by atoms with Gasteiger partial charge in [-0.25, -0.2) is 9.78 Å². The number of piperazine rings is 1. The Bertz CT molecular complexity index is 1480. The van der Waals surface area contributed by atoms with Crippen LogP contribution in [0.15, 0.2) is 34.9 Å². The number of aromatic carboxylic acids is 1. The fourth-order valence-corrected chi connectivity index (χ4v) is 6.65. The molecule has 0 spiro atoms. The van der Waals surface area contributed by atoms with Gasteiger partial charge < -0.3 is 19.3 Å². The fraction of sp³-hybridized carbons (Fsp3) is 0.370. The summed E-state index contributed by atoms with van der Waals surface area (Å²) in [6, 6.07) is 8.78. The number of carboxylic acid groups (broad SMARTS) is 1. The van der Waals surface area contributed by atoms with Gasteiger partial charge in [-0.1, -0.05) is 59.6 Å². The maximum atomic E-state index is 11.5. The molecule has 4 aromatic rings. The minimum Gasteiger partial charge on any atom is -0.494 e. The van der Waals surface area contributed by atoms with E-state index in [4.69, 9.17) is 37.4 Å². The first-order chi connectivity index (χ1) is 18.2. The van der Waals surface area contributed by atoms with Crippen LogP contribution in [0.2, 0.25) is 10.0 Å². The van der Waals surface area contributed by atoms with Crippen molar-refractivity contribution in [1.29, 1.82) is 0 Å². The third-order valence-corrected chi connectivity index (χ3v) is 8.47. The van der Waals surface area contributed by atoms with Crippen LogP contribution in [0, 0.1) is 0 Å². The molecule has 0 aliphatic carbocycles. The summed E-state index contributed by atoms with van der Waals surface area (Å²) in [5.74, 6) is 0.459. The van der Waals surface area contributed by atoms with E-state index in [1.165, 1.54) is 24.5 Å². The van der Waals surface area contributed by atoms with E-state index in [9.17, 15) is 9.90 Å². The summed E-state index contributed by atoms with van der Waals surface area (Å²) in [5, 5.41) is 15.8. The summed E-state index contributed by atoms with van der Waals surface area (Å²) in [5.41, 5.74) is 3.25. The van der Waals surface area contributed by atoms with Crippen LogP contribution in [-0.4, -0.2) is 58.9 Å². The molecule has 1 aliphatic rings. The number of aromatic nitrogens is 2. The van der Waals surface area contributed by atoms with Crippen molar-refractivity contribution < 1.29 is 19.2 Å². The number of carboxylic acids is 1. The Labute approximate surface area is 234 Å². The van der Waals surface area contributed by atoms with Gasteiger partial charge in [-0.2, -0.15) is 0 Å². The number of methoxy groups -OCH3 is 1. The molecule has 38 heavy (non-hydrogen) atoms. The molecule has 200 valence electrons. The number of benzene rings is 2. The predicted molar refractivity (Wildman–Crippen MR) is 151 cm³/mol. The van der Waals surface area contributed by atoms with Gasteiger partial charge in [-0.05, 0) is 31.2 Å². The van der Waals surface area contributed by atoms with Crippen LogP contribution in [0.5, 0.6) is 5.75 Å². The fourth-order valence-electron chi connectivity index (χ4n) is 4.92. The van der Waals surface area contributed by atoms with Crippen LogP contribution in [0.1, 0.15) is 48.4 Å². The minimum absolute atomic E-state index is 0.152. The van der Waals surface area contributed by atoms with Gasteiger partial charge in [0.2, 0.25) is 0 Å². The Hall–Kier alpha value is -2.85. The number of halogens is 2. The second kappa shape index (κ2) is 10.7. The molecule has 1 fully saturated rings. The molecule has 1 saturated heterocycles. The van der Waals surface area contributed by atoms with E-state index in [1.54, 1.807) is 6.07 Å². The molecule has 1 aliphatic heterocycles. The van der Waals surface area contributed by atoms with Gasteiger partial charge >= 0.3 is 5.97 Å². The molecule has 8 nitrogen and oxygen atoms in total. The highest BCUT2D eigenvalue weighted by molar-refractivity contribution is 7.22. The van der Waals surface area contributed by atoms with E-state index in [1.807, 2.05) is 18.2 Å². The number of nitrogens with zero attached hydrogens (tertiary/aromatic N) is 4. The molecule has 1 N–H and O–H groups in total. The van der Waals surface area contributed by atoms with Crippen molar-refractivity contribution in [3.05, 3.63) is 57.3 Å². The first-order valence-corrected chi connectivity index (χ1v) is 13.9. The molecule has 3 heterocycles. The lowest BCUT2D eigenvalue weighted by molar-refractivity contribution is 0.0696. The van der Waals surface area contributed by atoms with Crippen molar-refractivity contribution in [3.8, 4) is 17.0 Å². The molecule has 0 bridgehead atoms. The lowest BCUT2D eigenvalue weighted by atomic mass is 10.00. The molecule has 2 aromatic heterocycles. The van der Waals surface area contributed by atoms with Crippen LogP contribution in [0.25, 0.3) is 21.5 Å². The second-order valence-electron chi connectivity index (χ2n) is 9.73. The summed E-state index contributed by atoms with van der Waals surface area (Å²) in [6.45, 7) is 9.35. The van der Waals surface area contributed by atoms with Crippen LogP contribution < -0.4 is 9.64 Å². The van der Waals surface area contributed by atoms with E-state index in [-0.39, 0.29) is 17.5 Å². The highest BCUT2D eigenvalue weighted by Crippen LogP contribution is 2.40. The Morgan fingerprint density at radius 1 is 1.26 bits per heavy atom. The van der Waals surface area contributed by atoms with Crippen LogP contribution >= 0.6 is 34.5 Å². The summed E-state index contributed by atoms with van der Waals surface area (Å²) in [4.78, 5) is 21.0. The van der Waals surface area contributed by atoms with Crippen molar-refractivity contribution in [2.45, 2.75) is 39.3 Å². The number of thiazole rings is 1. The Morgan fingerprint density at radius 3 is 2.63 bits per heavy atom. The summed E-state index contributed by atoms with van der Waals surface area (Å²) in [7, 11) is 1.53. The molecular weight excluding hydrogens is 547 g/mol. The zero-order chi connectivity index (χ0) is 27.1. The number of hydrogen-bond donors (Lipinski definition) is 1. The lowest BCUT2D eigenvalue weighted by Gasteiger charge is -2.39. The number of anilines is 1. The third kappa shape index (κ3) is 4.96. The average Bonchev–Trinajstić information content (AvgIpc) is 3.48. The number of ether oxygens (including phenoxy) is 1. The second-order valence-corrected chi connectivity index (χ2v) is 11.6. The lowest BCUT2D eigenvalue weighted by Crippen LogP contribution is -2.51. The molecule has 0 unspecified atom stereocenters. The number of carbonyl (C=O) groups is 1. The minimum atomic E-state index is -0.992. The first-order valence-electron chi connectivity index (χ1n) is 12.3. The van der Waals surface area contributed by atoms with Crippen molar-refractivity contribution in [2.75, 3.05) is 31.6 Å². The molecular formula is C27H28Cl2N4O4S. The summed E-state index contributed by atoms with van der Waals surface area (Å²) < 4.78 is 12.0. The summed E-state index contributed by atoms with van der Waals surface area (Å²) >= 11 is 14.5. The molecule has 0 radical (unpaired) electrons. The number of hydrogen-bond acceptors (Lipinski definition) is 8. The van der Waals surface area contributed by atoms with Gasteiger partial charge in [-0.15, -0.1) is 0 Å². The van der Waals surface area contributed by atoms with E-state index in [0.717, 1.165) is 40.8 Å². The van der Waals surface area contributed by atoms with Crippen LogP contribution in [0.3, 0.4) is 0 Å². The predicted octanol–water partition coefficient (Wildman–Crippen LogP) is 6.80. The summed E-state index contributed by atoms with van der Waals surface area (Å²) in [6.07, 6.45) is 0. The topological polar surface area (TPSA) is 91.9 Å². The van der Waals surface area contributed by atoms with E-state index >= 15 is 0 Å². The monoisotopic (exact) mass is 574 g/mol. The van der Waals surface area contributed by atoms with Gasteiger partial charge in [0.15, 0.2) is 5.13 Å². The highest BCUT2D eigenvalue weighted by Gasteiger charge is 2.30. The maximum absolute atomic E-state index is 11.5. The Balaban J connectivity index is 1.40. The van der Waals surface area contributed by atoms with Gasteiger partial charge in [0.25, 0.3) is 0 Å². The van der Waals surface area contributed by atoms with E-state index in [2.05, 4.69) is 35.7 Å². The van der Waals surface area contributed by atoms with Crippen molar-refractivity contribution in [2.24, 2.45) is 0 Å². The molecule has 0 amide bonds. The number of rotatable bonds is 7. The van der Waals surface area contributed by atoms with Crippen LogP contribution in [0.4, 0.5) is 5.13 Å². The molecule has 1 atom stereocenters. The quantitative estimate of drug-likeness (QED) is 0.257. The zero-order valence-electron chi connectivity index (χ0n) is 21.5. The average molecular weight is 576 g/mol. The third-order valence-electron chi connectivity index (χ3n) is 6.80. The largest absolute Gasteiger partial charge is 0.494 e. The van der Waals surface area contributed by atoms with Crippen molar-refractivity contribution in [3.63, 3.8) is 0 Å². The smallest absolute Gasteiger partial charge is 0.335 e. The van der Waals surface area contributed by atoms with Crippen molar-refractivity contribution in [1.82, 2.24) is 15.0 Å². The SMILES string of the molecule is COc1cc(C(=O)O)cc2sc(N3CCN(Cc4c(-c5c(Cl)cccc5Cl)noc4C(C)C)C[C@H]3C)nc12. The van der Waals surface area contributed by atoms with E-state index < -0.39 is 5.97 Å². The molecule has 5 rings (SSSR count). The van der Waals surface area contributed by atoms with E-state index in [0.29, 0.717) is 39.1 Å². The molecule has 2 aromatic carbocycles. The standard InChI is InChI=1S/C27H28Cl2N4O4S/c1-14(2)25-17(23(31-37-25)22-18(28)6-5-7-19(22)29)13-32-8-9-33(15(3)12-32)27-30-24-20(36-4)10-16(26(34)35)11-21(24)38-27/h5-7,10-11,14-15H,8-9,12-13H2,1-4H3,(H,34,35)/t15-/m1/s1. The van der Waals surface area contributed by atoms with Gasteiger partial charge in [0.05, 0.1) is 27.4 Å².